The summed E-state index contributed by atoms with van der Waals surface area (Å²) in [5.41, 5.74) is -0.0629. The van der Waals surface area contributed by atoms with E-state index < -0.39 is 5.60 Å². The second kappa shape index (κ2) is 5.16. The first-order chi connectivity index (χ1) is 8.66. The zero-order valence-electron chi connectivity index (χ0n) is 10.3. The van der Waals surface area contributed by atoms with E-state index in [0.29, 0.717) is 13.0 Å². The minimum atomic E-state index is -0.869. The lowest BCUT2D eigenvalue weighted by Gasteiger charge is -2.27. The van der Waals surface area contributed by atoms with Crippen molar-refractivity contribution >= 4 is 11.9 Å². The topological polar surface area (TPSA) is 68.3 Å². The van der Waals surface area contributed by atoms with Crippen LogP contribution in [0.5, 0.6) is 0 Å². The highest BCUT2D eigenvalue weighted by Crippen LogP contribution is 2.32. The number of rotatable bonds is 4. The van der Waals surface area contributed by atoms with E-state index in [1.54, 1.807) is 24.5 Å². The van der Waals surface area contributed by atoms with Gasteiger partial charge in [0.2, 0.25) is 5.91 Å². The molecule has 1 aliphatic rings. The van der Waals surface area contributed by atoms with Gasteiger partial charge in [-0.15, -0.1) is 0 Å². The summed E-state index contributed by atoms with van der Waals surface area (Å²) >= 11 is 0. The third-order valence-corrected chi connectivity index (χ3v) is 2.99. The molecule has 96 valence electrons. The van der Waals surface area contributed by atoms with Crippen LogP contribution in [0.15, 0.2) is 24.5 Å². The number of pyridine rings is 1. The van der Waals surface area contributed by atoms with Gasteiger partial charge in [-0.05, 0) is 18.6 Å². The van der Waals surface area contributed by atoms with Crippen LogP contribution in [0.4, 0.5) is 0 Å². The molecule has 1 aromatic heterocycles. The lowest BCUT2D eigenvalue weighted by atomic mass is 9.93. The third-order valence-electron chi connectivity index (χ3n) is 2.99. The van der Waals surface area contributed by atoms with Gasteiger partial charge in [-0.1, -0.05) is 6.92 Å². The molecule has 1 saturated heterocycles. The highest BCUT2D eigenvalue weighted by atomic mass is 16.6. The average molecular weight is 248 g/mol. The molecule has 5 nitrogen and oxygen atoms in total. The molecule has 0 aliphatic carbocycles. The molecule has 0 aromatic carbocycles. The van der Waals surface area contributed by atoms with Crippen LogP contribution >= 0.6 is 0 Å². The van der Waals surface area contributed by atoms with Crippen molar-refractivity contribution in [1.82, 2.24) is 10.3 Å². The van der Waals surface area contributed by atoms with Crippen LogP contribution in [0.25, 0.3) is 0 Å². The number of esters is 1. The maximum Gasteiger partial charge on any atom is 0.306 e. The Kier molecular flexibility index (Phi) is 3.60. The SMILES string of the molecule is CCCC(=O)OC1(c2ccncc2)CNC(=O)C1. The van der Waals surface area contributed by atoms with E-state index in [1.807, 2.05) is 6.92 Å². The van der Waals surface area contributed by atoms with Crippen LogP contribution in [0.2, 0.25) is 0 Å². The van der Waals surface area contributed by atoms with E-state index >= 15 is 0 Å². The van der Waals surface area contributed by atoms with Crippen LogP contribution in [0.3, 0.4) is 0 Å². The van der Waals surface area contributed by atoms with Crippen molar-refractivity contribution in [2.45, 2.75) is 31.8 Å². The van der Waals surface area contributed by atoms with E-state index in [9.17, 15) is 9.59 Å². The van der Waals surface area contributed by atoms with Gasteiger partial charge >= 0.3 is 5.97 Å². The lowest BCUT2D eigenvalue weighted by molar-refractivity contribution is -0.159. The third kappa shape index (κ3) is 2.50. The maximum absolute atomic E-state index is 11.7. The average Bonchev–Trinajstić information content (AvgIpc) is 2.73. The maximum atomic E-state index is 11.7. The summed E-state index contributed by atoms with van der Waals surface area (Å²) < 4.78 is 5.55. The number of nitrogens with zero attached hydrogens (tertiary/aromatic N) is 1. The Morgan fingerprint density at radius 2 is 2.22 bits per heavy atom. The monoisotopic (exact) mass is 248 g/mol. The molecule has 0 spiro atoms. The van der Waals surface area contributed by atoms with Crippen LogP contribution < -0.4 is 5.32 Å². The molecular formula is C13H16N2O3. The molecule has 0 bridgehead atoms. The van der Waals surface area contributed by atoms with Gasteiger partial charge in [0.15, 0.2) is 5.60 Å². The van der Waals surface area contributed by atoms with Crippen molar-refractivity contribution in [3.05, 3.63) is 30.1 Å². The fourth-order valence-electron chi connectivity index (χ4n) is 2.09. The van der Waals surface area contributed by atoms with Gasteiger partial charge in [0.1, 0.15) is 0 Å². The number of nitrogens with one attached hydrogen (secondary N) is 1. The Hall–Kier alpha value is -1.91. The summed E-state index contributed by atoms with van der Waals surface area (Å²) in [4.78, 5) is 27.1. The first-order valence-corrected chi connectivity index (χ1v) is 6.05. The summed E-state index contributed by atoms with van der Waals surface area (Å²) in [6.45, 7) is 2.24. The number of carbonyl (C=O) groups excluding carboxylic acids is 2. The Balaban J connectivity index is 2.25. The Labute approximate surface area is 106 Å². The first-order valence-electron chi connectivity index (χ1n) is 6.05. The molecule has 2 heterocycles. The second-order valence-corrected chi connectivity index (χ2v) is 4.41. The smallest absolute Gasteiger partial charge is 0.306 e. The second-order valence-electron chi connectivity index (χ2n) is 4.41. The molecule has 1 aromatic rings. The van der Waals surface area contributed by atoms with Gasteiger partial charge in [-0.3, -0.25) is 14.6 Å². The Morgan fingerprint density at radius 1 is 1.50 bits per heavy atom. The molecule has 1 unspecified atom stereocenters. The van der Waals surface area contributed by atoms with Gasteiger partial charge in [0.25, 0.3) is 0 Å². The van der Waals surface area contributed by atoms with Crippen LogP contribution in [0, 0.1) is 0 Å². The normalized spacial score (nSPS) is 22.6. The summed E-state index contributed by atoms with van der Waals surface area (Å²) in [6, 6.07) is 3.55. The predicted octanol–water partition coefficient (Wildman–Crippen LogP) is 1.14. The summed E-state index contributed by atoms with van der Waals surface area (Å²) in [5, 5.41) is 2.72. The predicted molar refractivity (Wildman–Crippen MR) is 64.5 cm³/mol. The van der Waals surface area contributed by atoms with Crippen molar-refractivity contribution in [2.75, 3.05) is 6.54 Å². The highest BCUT2D eigenvalue weighted by Gasteiger charge is 2.43. The molecule has 0 saturated carbocycles. The molecule has 0 radical (unpaired) electrons. The number of carbonyl (C=O) groups is 2. The Morgan fingerprint density at radius 3 is 2.78 bits per heavy atom. The van der Waals surface area contributed by atoms with Gasteiger partial charge < -0.3 is 10.1 Å². The first kappa shape index (κ1) is 12.5. The molecule has 2 rings (SSSR count). The van der Waals surface area contributed by atoms with E-state index in [-0.39, 0.29) is 18.3 Å². The van der Waals surface area contributed by atoms with Gasteiger partial charge in [0.05, 0.1) is 13.0 Å². The van der Waals surface area contributed by atoms with Gasteiger partial charge in [-0.25, -0.2) is 0 Å². The lowest BCUT2D eigenvalue weighted by Crippen LogP contribution is -2.34. The van der Waals surface area contributed by atoms with E-state index in [2.05, 4.69) is 10.3 Å². The van der Waals surface area contributed by atoms with Crippen molar-refractivity contribution < 1.29 is 14.3 Å². The van der Waals surface area contributed by atoms with E-state index in [1.165, 1.54) is 0 Å². The zero-order chi connectivity index (χ0) is 13.0. The van der Waals surface area contributed by atoms with Gasteiger partial charge in [-0.2, -0.15) is 0 Å². The largest absolute Gasteiger partial charge is 0.452 e. The molecule has 5 heteroatoms. The number of aromatic nitrogens is 1. The number of hydrogen-bond donors (Lipinski definition) is 1. The minimum absolute atomic E-state index is 0.101. The number of amides is 1. The van der Waals surface area contributed by atoms with E-state index in [4.69, 9.17) is 4.74 Å². The standard InChI is InChI=1S/C13H16N2O3/c1-2-3-12(17)18-13(8-11(16)15-9-13)10-4-6-14-7-5-10/h4-7H,2-3,8-9H2,1H3,(H,15,16). The highest BCUT2D eigenvalue weighted by molar-refractivity contribution is 5.81. The van der Waals surface area contributed by atoms with Crippen molar-refractivity contribution in [3.8, 4) is 0 Å². The van der Waals surface area contributed by atoms with Crippen LogP contribution in [0.1, 0.15) is 31.7 Å². The minimum Gasteiger partial charge on any atom is -0.452 e. The molecule has 1 fully saturated rings. The summed E-state index contributed by atoms with van der Waals surface area (Å²) in [7, 11) is 0. The van der Waals surface area contributed by atoms with Crippen molar-refractivity contribution in [3.63, 3.8) is 0 Å². The van der Waals surface area contributed by atoms with Crippen LogP contribution in [-0.2, 0) is 19.9 Å². The fourth-order valence-corrected chi connectivity index (χ4v) is 2.09. The molecule has 1 atom stereocenters. The van der Waals surface area contributed by atoms with Crippen molar-refractivity contribution in [2.24, 2.45) is 0 Å². The number of hydrogen-bond acceptors (Lipinski definition) is 4. The molecule has 1 N–H and O–H groups in total. The van der Waals surface area contributed by atoms with Crippen LogP contribution in [-0.4, -0.2) is 23.4 Å². The molecule has 1 aliphatic heterocycles. The van der Waals surface area contributed by atoms with E-state index in [0.717, 1.165) is 12.0 Å². The molecule has 1 amide bonds. The molecular weight excluding hydrogens is 232 g/mol. The number of ether oxygens (including phenoxy) is 1. The quantitative estimate of drug-likeness (QED) is 0.811. The Bertz CT molecular complexity index is 447. The van der Waals surface area contributed by atoms with Crippen molar-refractivity contribution in [1.29, 1.82) is 0 Å². The molecule has 18 heavy (non-hydrogen) atoms. The summed E-state index contributed by atoms with van der Waals surface area (Å²) in [5.74, 6) is -0.373. The zero-order valence-corrected chi connectivity index (χ0v) is 10.3. The summed E-state index contributed by atoms with van der Waals surface area (Å²) in [6.07, 6.45) is 4.53. The fraction of sp³-hybridized carbons (Fsp3) is 0.462. The van der Waals surface area contributed by atoms with Gasteiger partial charge in [0, 0.05) is 24.4 Å².